The molecule has 1 aromatic heterocycles. The fraction of sp³-hybridized carbons (Fsp3) is 0.406. The number of carbonyl (C=O) groups excluding carboxylic acids is 1. The van der Waals surface area contributed by atoms with Crippen molar-refractivity contribution in [2.24, 2.45) is 4.99 Å². The summed E-state index contributed by atoms with van der Waals surface area (Å²) in [6, 6.07) is 18.5. The number of aliphatic imine (C=N–C) groups is 1. The molecule has 24 nitrogen and oxygen atoms in total. The van der Waals surface area contributed by atoms with Gasteiger partial charge in [0.2, 0.25) is 11.6 Å². The Hall–Kier alpha value is -6.87. The molecule has 1 amide bonds. The number of fused-ring (bicyclic) bond motifs is 1. The molecule has 5 rings (SSSR count). The van der Waals surface area contributed by atoms with Gasteiger partial charge in [-0.15, -0.1) is 0 Å². The number of nitrogens with zero attached hydrogens (tertiary/aromatic N) is 5. The van der Waals surface area contributed by atoms with Gasteiger partial charge in [0.25, 0.3) is 50.6 Å². The zero-order valence-electron chi connectivity index (χ0n) is 53.5. The minimum Gasteiger partial charge on any atom is -0.368 e. The van der Waals surface area contributed by atoms with Crippen molar-refractivity contribution in [3.63, 3.8) is 0 Å². The third-order valence-electron chi connectivity index (χ3n) is 15.3. The number of unbranched alkanes of at least 4 members (excludes halogenated alkanes) is 4. The van der Waals surface area contributed by atoms with Crippen molar-refractivity contribution >= 4 is 102 Å². The van der Waals surface area contributed by atoms with Crippen molar-refractivity contribution < 1.29 is 89.0 Å². The summed E-state index contributed by atoms with van der Waals surface area (Å²) in [6.45, 7) is 16.0. The van der Waals surface area contributed by atoms with Crippen LogP contribution in [-0.4, -0.2) is 134 Å². The highest BCUT2D eigenvalue weighted by Gasteiger charge is 2.25. The van der Waals surface area contributed by atoms with E-state index < -0.39 is 78.2 Å². The lowest BCUT2D eigenvalue weighted by Crippen LogP contribution is -2.35. The summed E-state index contributed by atoms with van der Waals surface area (Å²) in [5.41, 5.74) is 8.25. The Labute approximate surface area is 546 Å². The smallest absolute Gasteiger partial charge is 0.326 e. The van der Waals surface area contributed by atoms with Gasteiger partial charge in [0.1, 0.15) is 17.2 Å². The van der Waals surface area contributed by atoms with Crippen LogP contribution in [0.1, 0.15) is 120 Å². The van der Waals surface area contributed by atoms with Gasteiger partial charge in [0.15, 0.2) is 12.0 Å². The average molecular weight is 1390 g/mol. The number of aliphatic hydroxyl groups excluding tert-OH is 1. The lowest BCUT2D eigenvalue weighted by Gasteiger charge is -2.28. The first-order valence-corrected chi connectivity index (χ1v) is 37.5. The number of carbonyl (C=O) groups is 1. The SMILES string of the molecule is C\C(=C/C=C/C(C)=[N+](\CCCS(=O)(=O)O)c1ccc(CNC(=O)CCCCCN(/C(C)=C/C=C/C(C)=N/c2c(C)ccc[n+]2CCCS(=O)(=O)O)c2ccc3c(S(=O)(=O)O)cc(S(=O)(=O)O)cc3c2C)cc1C)N(CCCCCC(O)O)c1ccc(S(=O)(=O)O)cc1C. The van der Waals surface area contributed by atoms with E-state index in [-0.39, 0.29) is 66.9 Å². The van der Waals surface area contributed by atoms with Gasteiger partial charge in [-0.2, -0.15) is 46.7 Å². The molecule has 0 atom stereocenters. The standard InChI is InChI=1S/C64H84N6O18S5/c1-45-20-17-33-67(34-18-38-89(74,75)76)64(45)66-48(4)21-15-22-51(7)70(60-32-29-56-57(52(60)8)42-55(92(83,84)85)43-61(56)93(86,87)88)36-13-9-11-25-62(71)65-44-53-27-30-58(46(2)40-53)69(37-19-39-90(77,78)79)50(6)24-16-23-49(5)68(35-14-10-12-26-63(72)73)59-31-28-54(41-47(59)3)91(80,81)82/h15-17,20-24,27-33,40-43,63,72-73H,9-14,18-19,25-26,34-39,44H2,1-8H3,(H4-2,65,71,74,75,76,77,78,79,80,81,82,83,84,85,86,87,88)/p+2. The molecule has 0 saturated carbocycles. The lowest BCUT2D eigenvalue weighted by molar-refractivity contribution is -0.684. The van der Waals surface area contributed by atoms with Crippen LogP contribution in [0.5, 0.6) is 0 Å². The number of aryl methyl sites for hydroxylation is 5. The molecule has 508 valence electrons. The molecule has 0 aliphatic heterocycles. The Kier molecular flexibility index (Phi) is 28.1. The highest BCUT2D eigenvalue weighted by atomic mass is 32.2. The molecular formula is C64H86N6O18S5+2. The van der Waals surface area contributed by atoms with Crippen LogP contribution in [0.4, 0.5) is 22.9 Å². The van der Waals surface area contributed by atoms with Crippen LogP contribution in [0.25, 0.3) is 10.8 Å². The molecule has 0 fully saturated rings. The van der Waals surface area contributed by atoms with Crippen LogP contribution in [-0.2, 0) is 68.5 Å². The molecule has 0 saturated heterocycles. The molecule has 93 heavy (non-hydrogen) atoms. The molecular weight excluding hydrogens is 1300 g/mol. The van der Waals surface area contributed by atoms with Gasteiger partial charge in [-0.1, -0.05) is 37.1 Å². The molecule has 0 aliphatic rings. The number of amides is 1. The number of anilines is 2. The van der Waals surface area contributed by atoms with E-state index in [1.54, 1.807) is 61.9 Å². The van der Waals surface area contributed by atoms with Gasteiger partial charge in [-0.05, 0) is 174 Å². The van der Waals surface area contributed by atoms with E-state index in [0.717, 1.165) is 39.9 Å². The van der Waals surface area contributed by atoms with Crippen LogP contribution >= 0.6 is 0 Å². The third-order valence-corrected chi connectivity index (χ3v) is 19.5. The molecule has 0 aliphatic carbocycles. The largest absolute Gasteiger partial charge is 0.368 e. The second-order valence-electron chi connectivity index (χ2n) is 22.8. The number of hydrogen-bond acceptors (Lipinski definition) is 16. The lowest BCUT2D eigenvalue weighted by atomic mass is 10.0. The number of rotatable bonds is 35. The topological polar surface area (TPSA) is 367 Å². The van der Waals surface area contributed by atoms with Crippen LogP contribution in [0.3, 0.4) is 0 Å². The Morgan fingerprint density at radius 1 is 0.613 bits per heavy atom. The number of allylic oxidation sites excluding steroid dienone is 8. The summed E-state index contributed by atoms with van der Waals surface area (Å²) in [7, 11) is -22.8. The number of benzene rings is 4. The predicted molar refractivity (Wildman–Crippen MR) is 360 cm³/mol. The minimum absolute atomic E-state index is 0.0216. The summed E-state index contributed by atoms with van der Waals surface area (Å²) < 4.78 is 172. The summed E-state index contributed by atoms with van der Waals surface area (Å²) in [5.74, 6) is -0.507. The fourth-order valence-corrected chi connectivity index (χ4v) is 13.5. The van der Waals surface area contributed by atoms with Crippen molar-refractivity contribution in [3.8, 4) is 0 Å². The van der Waals surface area contributed by atoms with E-state index >= 15 is 0 Å². The highest BCUT2D eigenvalue weighted by molar-refractivity contribution is 7.87. The van der Waals surface area contributed by atoms with Gasteiger partial charge in [0.05, 0.1) is 34.0 Å². The van der Waals surface area contributed by atoms with E-state index in [0.29, 0.717) is 97.4 Å². The highest BCUT2D eigenvalue weighted by Crippen LogP contribution is 2.36. The van der Waals surface area contributed by atoms with E-state index in [2.05, 4.69) is 5.32 Å². The van der Waals surface area contributed by atoms with Gasteiger partial charge >= 0.3 is 5.82 Å². The normalized spacial score (nSPS) is 13.6. The third kappa shape index (κ3) is 24.4. The molecule has 0 unspecified atom stereocenters. The molecule has 0 bridgehead atoms. The monoisotopic (exact) mass is 1390 g/mol. The molecule has 8 N–H and O–H groups in total. The summed E-state index contributed by atoms with van der Waals surface area (Å²) in [6.07, 6.45) is 15.4. The van der Waals surface area contributed by atoms with E-state index in [9.17, 15) is 79.9 Å². The summed E-state index contributed by atoms with van der Waals surface area (Å²) in [4.78, 5) is 20.4. The zero-order valence-corrected chi connectivity index (χ0v) is 57.5. The second kappa shape index (κ2) is 34.0. The van der Waals surface area contributed by atoms with Crippen LogP contribution in [0.2, 0.25) is 0 Å². The van der Waals surface area contributed by atoms with Crippen LogP contribution in [0.15, 0.2) is 147 Å². The fourth-order valence-electron chi connectivity index (χ4n) is 10.6. The number of nitrogens with one attached hydrogen (secondary N) is 1. The maximum atomic E-state index is 13.4. The molecule has 0 radical (unpaired) electrons. The van der Waals surface area contributed by atoms with Gasteiger partial charge in [-0.3, -0.25) is 27.6 Å². The first kappa shape index (κ1) is 76.8. The number of pyridine rings is 1. The van der Waals surface area contributed by atoms with E-state index in [1.807, 2.05) is 97.6 Å². The number of aromatic nitrogens is 1. The van der Waals surface area contributed by atoms with Crippen molar-refractivity contribution in [2.75, 3.05) is 40.9 Å². The molecule has 29 heteroatoms. The van der Waals surface area contributed by atoms with Crippen molar-refractivity contribution in [3.05, 3.63) is 155 Å². The minimum atomic E-state index is -4.96. The van der Waals surface area contributed by atoms with Crippen molar-refractivity contribution in [2.45, 2.75) is 154 Å². The summed E-state index contributed by atoms with van der Waals surface area (Å²) >= 11 is 0. The van der Waals surface area contributed by atoms with E-state index in [4.69, 9.17) is 4.99 Å². The Bertz CT molecular complexity index is 4310. The summed E-state index contributed by atoms with van der Waals surface area (Å²) in [5, 5.41) is 21.8. The van der Waals surface area contributed by atoms with Gasteiger partial charge in [-0.25, -0.2) is 4.57 Å². The Morgan fingerprint density at radius 2 is 1.22 bits per heavy atom. The van der Waals surface area contributed by atoms with Crippen molar-refractivity contribution in [1.29, 1.82) is 0 Å². The number of hydrogen-bond donors (Lipinski definition) is 8. The maximum absolute atomic E-state index is 13.4. The molecule has 4 aromatic carbocycles. The predicted octanol–water partition coefficient (Wildman–Crippen LogP) is 9.54. The average Bonchev–Trinajstić information content (AvgIpc) is 0.758. The first-order valence-electron chi connectivity index (χ1n) is 30.0. The molecule has 1 heterocycles. The van der Waals surface area contributed by atoms with E-state index in [1.165, 1.54) is 18.2 Å². The quantitative estimate of drug-likeness (QED) is 0.00467. The van der Waals surface area contributed by atoms with Gasteiger partial charge in [0, 0.05) is 104 Å². The van der Waals surface area contributed by atoms with Gasteiger partial charge < -0.3 is 25.3 Å². The number of aliphatic hydroxyl groups is 2. The van der Waals surface area contributed by atoms with Crippen LogP contribution < -0.4 is 19.7 Å². The Balaban J connectivity index is 1.33. The molecule has 5 aromatic rings. The molecule has 0 spiro atoms. The van der Waals surface area contributed by atoms with Crippen LogP contribution in [0, 0.1) is 27.7 Å². The zero-order chi connectivity index (χ0) is 69.2. The Morgan fingerprint density at radius 3 is 1.81 bits per heavy atom. The van der Waals surface area contributed by atoms with Crippen molar-refractivity contribution in [1.82, 2.24) is 5.32 Å². The maximum Gasteiger partial charge on any atom is 0.326 e. The first-order chi connectivity index (χ1) is 43.3. The second-order valence-corrected chi connectivity index (χ2v) is 30.2.